The molecule has 1 unspecified atom stereocenters. The van der Waals surface area contributed by atoms with Crippen molar-refractivity contribution in [3.05, 3.63) is 87.8 Å². The second kappa shape index (κ2) is 12.9. The summed E-state index contributed by atoms with van der Waals surface area (Å²) >= 11 is 0. The zero-order valence-corrected chi connectivity index (χ0v) is 32.9. The number of hydrogen-bond donors (Lipinski definition) is 2. The maximum absolute atomic E-state index is 13.8. The molecule has 16 heteroatoms. The van der Waals surface area contributed by atoms with Crippen molar-refractivity contribution in [2.45, 2.75) is 80.6 Å². The minimum atomic E-state index is -3.68. The van der Waals surface area contributed by atoms with Gasteiger partial charge in [-0.25, -0.2) is 13.4 Å². The lowest BCUT2D eigenvalue weighted by Crippen LogP contribution is -2.71. The molecule has 3 amide bonds. The number of sulfonamides is 1. The molecule has 300 valence electrons. The third-order valence-electron chi connectivity index (χ3n) is 13.9. The molecular formula is C42H45N9O6S. The molecule has 3 saturated carbocycles. The lowest BCUT2D eigenvalue weighted by Gasteiger charge is -2.62. The van der Waals surface area contributed by atoms with Crippen LogP contribution in [-0.4, -0.2) is 106 Å². The van der Waals surface area contributed by atoms with E-state index in [-0.39, 0.29) is 40.8 Å². The van der Waals surface area contributed by atoms with Gasteiger partial charge in [0.25, 0.3) is 11.5 Å². The van der Waals surface area contributed by atoms with Gasteiger partial charge in [-0.1, -0.05) is 12.1 Å². The Kier molecular flexibility index (Phi) is 7.99. The monoisotopic (exact) mass is 803 g/mol. The fraction of sp³-hybridized carbons (Fsp3) is 0.476. The molecule has 1 spiro atoms. The molecular weight excluding hydrogens is 759 g/mol. The van der Waals surface area contributed by atoms with Crippen LogP contribution in [0.3, 0.4) is 0 Å². The number of amides is 3. The van der Waals surface area contributed by atoms with Crippen LogP contribution >= 0.6 is 0 Å². The molecule has 2 bridgehead atoms. The highest BCUT2D eigenvalue weighted by Gasteiger charge is 2.59. The van der Waals surface area contributed by atoms with Crippen LogP contribution in [0.5, 0.6) is 0 Å². The Bertz CT molecular complexity index is 2570. The first-order valence-electron chi connectivity index (χ1n) is 20.4. The number of nitrogens with zero attached hydrogens (tertiary/aromatic N) is 7. The number of nitrogens with one attached hydrogen (secondary N) is 2. The number of pyridine rings is 1. The summed E-state index contributed by atoms with van der Waals surface area (Å²) in [6.07, 6.45) is 6.68. The molecule has 5 aliphatic heterocycles. The van der Waals surface area contributed by atoms with Crippen LogP contribution in [0.15, 0.2) is 70.5 Å². The SMILES string of the molecule is O=C1CCC(N2Cc3cc(N4CC5(CN(Cc6cccc(S(=O)(=O)N7CCC(Nc8ncc9ccc(=O)n(C%10%11CC(C%10)C%11)c9n8)CC7)c6)C5)C4)ccc3C2=O)C(=O)N1. The molecule has 58 heavy (non-hydrogen) atoms. The first-order valence-corrected chi connectivity index (χ1v) is 21.9. The zero-order valence-electron chi connectivity index (χ0n) is 32.1. The van der Waals surface area contributed by atoms with E-state index < -0.39 is 22.0 Å². The second-order valence-electron chi connectivity index (χ2n) is 17.9. The first-order chi connectivity index (χ1) is 27.9. The summed E-state index contributed by atoms with van der Waals surface area (Å²) in [4.78, 5) is 66.0. The van der Waals surface area contributed by atoms with Crippen molar-refractivity contribution < 1.29 is 22.8 Å². The van der Waals surface area contributed by atoms with Crippen LogP contribution < -0.4 is 21.1 Å². The number of imide groups is 1. The maximum Gasteiger partial charge on any atom is 0.255 e. The van der Waals surface area contributed by atoms with E-state index in [4.69, 9.17) is 4.98 Å². The number of carbonyl (C=O) groups is 3. The minimum absolute atomic E-state index is 0.0116. The summed E-state index contributed by atoms with van der Waals surface area (Å²) in [5.74, 6) is 0.330. The Morgan fingerprint density at radius 2 is 1.69 bits per heavy atom. The number of carbonyl (C=O) groups excluding carboxylic acids is 3. The number of aromatic nitrogens is 3. The Morgan fingerprint density at radius 1 is 0.897 bits per heavy atom. The highest BCUT2D eigenvalue weighted by atomic mass is 32.2. The lowest BCUT2D eigenvalue weighted by atomic mass is 9.49. The normalized spacial score (nSPS) is 26.8. The molecule has 2 aromatic carbocycles. The van der Waals surface area contributed by atoms with E-state index in [2.05, 4.69) is 31.5 Å². The summed E-state index contributed by atoms with van der Waals surface area (Å²) in [5, 5.41) is 6.63. The summed E-state index contributed by atoms with van der Waals surface area (Å²) in [6, 6.07) is 16.0. The topological polar surface area (TPSA) is 170 Å². The van der Waals surface area contributed by atoms with Crippen molar-refractivity contribution in [3.8, 4) is 0 Å². The minimum Gasteiger partial charge on any atom is -0.370 e. The second-order valence-corrected chi connectivity index (χ2v) is 19.8. The zero-order chi connectivity index (χ0) is 39.6. The Morgan fingerprint density at radius 3 is 2.43 bits per heavy atom. The van der Waals surface area contributed by atoms with Crippen molar-refractivity contribution >= 4 is 50.4 Å². The van der Waals surface area contributed by atoms with Crippen molar-refractivity contribution in [1.82, 2.24) is 34.0 Å². The number of rotatable bonds is 9. The van der Waals surface area contributed by atoms with Crippen LogP contribution in [0.2, 0.25) is 0 Å². The fourth-order valence-electron chi connectivity index (χ4n) is 10.8. The van der Waals surface area contributed by atoms with E-state index in [9.17, 15) is 27.6 Å². The van der Waals surface area contributed by atoms with Crippen molar-refractivity contribution in [2.24, 2.45) is 11.3 Å². The van der Waals surface area contributed by atoms with E-state index in [0.29, 0.717) is 67.5 Å². The van der Waals surface area contributed by atoms with Gasteiger partial charge >= 0.3 is 0 Å². The van der Waals surface area contributed by atoms with Gasteiger partial charge in [0, 0.05) is 99.1 Å². The predicted molar refractivity (Wildman–Crippen MR) is 213 cm³/mol. The molecule has 0 radical (unpaired) electrons. The summed E-state index contributed by atoms with van der Waals surface area (Å²) in [7, 11) is -3.68. The quantitative estimate of drug-likeness (QED) is 0.239. The molecule has 8 aliphatic rings. The summed E-state index contributed by atoms with van der Waals surface area (Å²) < 4.78 is 31.1. The van der Waals surface area contributed by atoms with E-state index >= 15 is 0 Å². The average molecular weight is 804 g/mol. The fourth-order valence-corrected chi connectivity index (χ4v) is 12.3. The number of likely N-dealkylation sites (tertiary alicyclic amines) is 1. The number of anilines is 2. The van der Waals surface area contributed by atoms with E-state index in [1.165, 1.54) is 0 Å². The van der Waals surface area contributed by atoms with Gasteiger partial charge in [-0.15, -0.1) is 0 Å². The molecule has 12 rings (SSSR count). The molecule has 2 aromatic heterocycles. The van der Waals surface area contributed by atoms with Gasteiger partial charge in [0.2, 0.25) is 27.8 Å². The van der Waals surface area contributed by atoms with Crippen LogP contribution in [-0.2, 0) is 38.2 Å². The van der Waals surface area contributed by atoms with Gasteiger partial charge in [0.1, 0.15) is 11.7 Å². The van der Waals surface area contributed by atoms with Crippen LogP contribution in [0.1, 0.15) is 66.4 Å². The molecule has 1 atom stereocenters. The van der Waals surface area contributed by atoms with Crippen molar-refractivity contribution in [1.29, 1.82) is 0 Å². The molecule has 7 fully saturated rings. The third kappa shape index (κ3) is 5.77. The van der Waals surface area contributed by atoms with Gasteiger partial charge < -0.3 is 15.1 Å². The molecule has 4 saturated heterocycles. The van der Waals surface area contributed by atoms with E-state index in [1.54, 1.807) is 33.6 Å². The van der Waals surface area contributed by atoms with E-state index in [1.807, 2.05) is 34.9 Å². The Labute approximate surface area is 335 Å². The van der Waals surface area contributed by atoms with Gasteiger partial charge in [-0.2, -0.15) is 9.29 Å². The first kappa shape index (κ1) is 35.9. The van der Waals surface area contributed by atoms with Crippen molar-refractivity contribution in [3.63, 3.8) is 0 Å². The van der Waals surface area contributed by atoms with Crippen molar-refractivity contribution in [2.75, 3.05) is 49.5 Å². The Hall–Kier alpha value is -5.19. The maximum atomic E-state index is 13.8. The van der Waals surface area contributed by atoms with Gasteiger partial charge in [-0.05, 0) is 92.0 Å². The molecule has 4 aromatic rings. The molecule has 2 N–H and O–H groups in total. The largest absolute Gasteiger partial charge is 0.370 e. The lowest BCUT2D eigenvalue weighted by molar-refractivity contribution is -0.136. The number of hydrogen-bond acceptors (Lipinski definition) is 11. The van der Waals surface area contributed by atoms with Crippen LogP contribution in [0.25, 0.3) is 11.0 Å². The van der Waals surface area contributed by atoms with Gasteiger partial charge in [0.15, 0.2) is 0 Å². The number of benzene rings is 2. The van der Waals surface area contributed by atoms with E-state index in [0.717, 1.165) is 73.6 Å². The smallest absolute Gasteiger partial charge is 0.255 e. The molecule has 15 nitrogen and oxygen atoms in total. The highest BCUT2D eigenvalue weighted by molar-refractivity contribution is 7.89. The van der Waals surface area contributed by atoms with Gasteiger partial charge in [0.05, 0.1) is 10.4 Å². The summed E-state index contributed by atoms with van der Waals surface area (Å²) in [5.41, 5.74) is 4.30. The molecule has 3 aliphatic carbocycles. The predicted octanol–water partition coefficient (Wildman–Crippen LogP) is 2.65. The summed E-state index contributed by atoms with van der Waals surface area (Å²) in [6.45, 7) is 5.47. The third-order valence-corrected chi connectivity index (χ3v) is 15.8. The number of piperidine rings is 2. The highest BCUT2D eigenvalue weighted by Crippen LogP contribution is 2.62. The average Bonchev–Trinajstić information content (AvgIpc) is 3.47. The number of fused-ring (bicyclic) bond motifs is 2. The van der Waals surface area contributed by atoms with Gasteiger partial charge in [-0.3, -0.25) is 34.0 Å². The standard InChI is InChI=1S/C42H45N9O6S/c52-35-8-7-34(38(54)45-35)50-21-29-15-31(5-6-33(29)39(50)55)48-24-41(25-48)22-47(23-41)20-26-2-1-3-32(14-26)58(56,57)49-12-10-30(11-13-49)44-40-43-19-28-4-9-36(53)51(37(28)46-40)42-16-27(17-42)18-42/h1-6,9,14-15,19,27,30,34H,7-8,10-13,16-18,20-25H2,(H,43,44,46)(H,45,52,54). The molecule has 7 heterocycles. The van der Waals surface area contributed by atoms with Crippen LogP contribution in [0, 0.1) is 11.3 Å². The van der Waals surface area contributed by atoms with Crippen LogP contribution in [0.4, 0.5) is 11.6 Å². The Balaban J connectivity index is 0.676.